The summed E-state index contributed by atoms with van der Waals surface area (Å²) in [7, 11) is 0. The molecule has 2 aromatic heterocycles. The zero-order valence-corrected chi connectivity index (χ0v) is 18.0. The van der Waals surface area contributed by atoms with E-state index in [1.807, 2.05) is 0 Å². The number of pyridine rings is 2. The van der Waals surface area contributed by atoms with Gasteiger partial charge in [-0.2, -0.15) is 9.13 Å². The molecule has 0 saturated carbocycles. The molecule has 0 N–H and O–H groups in total. The number of hydrogen-bond acceptors (Lipinski definition) is 8. The maximum atomic E-state index is 11.2. The highest BCUT2D eigenvalue weighted by Gasteiger charge is 2.28. The lowest BCUT2D eigenvalue weighted by atomic mass is 10.1. The van der Waals surface area contributed by atoms with Gasteiger partial charge in [0.25, 0.3) is 0 Å². The van der Waals surface area contributed by atoms with Gasteiger partial charge < -0.3 is 0 Å². The fourth-order valence-electron chi connectivity index (χ4n) is 3.53. The standard InChI is InChI=1S/C22H14N6O8/c29-25(30)19-3-1-17(13-21(19)27(33)34)23-9-5-15(6-10-23)16-7-11-24(12-8-16)18-2-4-20(26(31)32)22(14-18)28(35)36/h1-14H/q+2. The van der Waals surface area contributed by atoms with Crippen molar-refractivity contribution in [3.8, 4) is 22.5 Å². The van der Waals surface area contributed by atoms with Gasteiger partial charge in [-0.15, -0.1) is 0 Å². The molecule has 178 valence electrons. The van der Waals surface area contributed by atoms with E-state index in [2.05, 4.69) is 0 Å². The van der Waals surface area contributed by atoms with Crippen LogP contribution < -0.4 is 9.13 Å². The van der Waals surface area contributed by atoms with E-state index in [0.29, 0.717) is 11.4 Å². The van der Waals surface area contributed by atoms with Crippen molar-refractivity contribution in [1.82, 2.24) is 0 Å². The Morgan fingerprint density at radius 1 is 0.444 bits per heavy atom. The molecule has 0 atom stereocenters. The van der Waals surface area contributed by atoms with Crippen molar-refractivity contribution in [3.05, 3.63) is 126 Å². The van der Waals surface area contributed by atoms with E-state index in [1.54, 1.807) is 58.2 Å². The Hall–Kier alpha value is -5.66. The van der Waals surface area contributed by atoms with Gasteiger partial charge in [-0.05, 0) is 11.1 Å². The quantitative estimate of drug-likeness (QED) is 0.214. The fourth-order valence-corrected chi connectivity index (χ4v) is 3.53. The molecule has 4 aromatic rings. The molecule has 0 aliphatic heterocycles. The van der Waals surface area contributed by atoms with Crippen LogP contribution in [0.2, 0.25) is 0 Å². The Morgan fingerprint density at radius 2 is 0.750 bits per heavy atom. The number of nitro benzene ring substituents is 4. The minimum absolute atomic E-state index is 0.365. The van der Waals surface area contributed by atoms with Crippen LogP contribution >= 0.6 is 0 Å². The van der Waals surface area contributed by atoms with Crippen molar-refractivity contribution >= 4 is 22.7 Å². The average Bonchev–Trinajstić information content (AvgIpc) is 2.88. The van der Waals surface area contributed by atoms with Gasteiger partial charge in [0.1, 0.15) is 0 Å². The highest BCUT2D eigenvalue weighted by molar-refractivity contribution is 5.62. The minimum Gasteiger partial charge on any atom is -0.258 e. The van der Waals surface area contributed by atoms with Gasteiger partial charge in [0, 0.05) is 48.5 Å². The van der Waals surface area contributed by atoms with Gasteiger partial charge in [0.05, 0.1) is 31.8 Å². The number of aromatic nitrogens is 2. The summed E-state index contributed by atoms with van der Waals surface area (Å²) in [6.07, 6.45) is 6.56. The van der Waals surface area contributed by atoms with E-state index in [1.165, 1.54) is 12.1 Å². The van der Waals surface area contributed by atoms with Crippen molar-refractivity contribution in [2.75, 3.05) is 0 Å². The third-order valence-electron chi connectivity index (χ3n) is 5.29. The third kappa shape index (κ3) is 4.54. The monoisotopic (exact) mass is 490 g/mol. The molecule has 0 unspecified atom stereocenters. The van der Waals surface area contributed by atoms with Crippen molar-refractivity contribution in [2.45, 2.75) is 0 Å². The van der Waals surface area contributed by atoms with E-state index in [4.69, 9.17) is 0 Å². The van der Waals surface area contributed by atoms with Gasteiger partial charge in [-0.25, -0.2) is 0 Å². The molecule has 0 spiro atoms. The molecular weight excluding hydrogens is 476 g/mol. The second-order valence-electron chi connectivity index (χ2n) is 7.36. The fraction of sp³-hybridized carbons (Fsp3) is 0. The lowest BCUT2D eigenvalue weighted by Gasteiger charge is -2.02. The maximum absolute atomic E-state index is 11.2. The summed E-state index contributed by atoms with van der Waals surface area (Å²) >= 11 is 0. The summed E-state index contributed by atoms with van der Waals surface area (Å²) in [5, 5.41) is 44.4. The highest BCUT2D eigenvalue weighted by atomic mass is 16.6. The van der Waals surface area contributed by atoms with Crippen LogP contribution in [0.1, 0.15) is 0 Å². The predicted octanol–water partition coefficient (Wildman–Crippen LogP) is 3.54. The van der Waals surface area contributed by atoms with E-state index in [9.17, 15) is 40.5 Å². The van der Waals surface area contributed by atoms with Crippen LogP contribution in [-0.4, -0.2) is 19.7 Å². The zero-order chi connectivity index (χ0) is 26.0. The molecule has 0 aliphatic rings. The summed E-state index contributed by atoms with van der Waals surface area (Å²) in [4.78, 5) is 41.2. The smallest absolute Gasteiger partial charge is 0.258 e. The molecule has 0 amide bonds. The average molecular weight is 490 g/mol. The molecule has 36 heavy (non-hydrogen) atoms. The Balaban J connectivity index is 1.61. The molecule has 0 bridgehead atoms. The number of nitrogens with zero attached hydrogens (tertiary/aromatic N) is 6. The Bertz CT molecular complexity index is 1420. The van der Waals surface area contributed by atoms with Crippen LogP contribution in [0.5, 0.6) is 0 Å². The van der Waals surface area contributed by atoms with Crippen LogP contribution in [-0.2, 0) is 0 Å². The molecule has 4 rings (SSSR count). The van der Waals surface area contributed by atoms with Crippen LogP contribution in [0.15, 0.2) is 85.5 Å². The predicted molar refractivity (Wildman–Crippen MR) is 122 cm³/mol. The second-order valence-corrected chi connectivity index (χ2v) is 7.36. The van der Waals surface area contributed by atoms with Crippen molar-refractivity contribution in [3.63, 3.8) is 0 Å². The number of hydrogen-bond donors (Lipinski definition) is 0. The molecule has 2 heterocycles. The van der Waals surface area contributed by atoms with Crippen molar-refractivity contribution < 1.29 is 28.8 Å². The highest BCUT2D eigenvalue weighted by Crippen LogP contribution is 2.29. The molecular formula is C22H14N6O8+2. The van der Waals surface area contributed by atoms with Gasteiger partial charge in [0.2, 0.25) is 11.4 Å². The molecule has 2 aromatic carbocycles. The summed E-state index contributed by atoms with van der Waals surface area (Å²) < 4.78 is 3.14. The Labute approximate surface area is 200 Å². The molecule has 0 fully saturated rings. The maximum Gasteiger partial charge on any atom is 0.352 e. The Kier molecular flexibility index (Phi) is 6.07. The number of rotatable bonds is 7. The number of nitro groups is 4. The molecule has 0 aliphatic carbocycles. The summed E-state index contributed by atoms with van der Waals surface area (Å²) in [5.41, 5.74) is -0.141. The Morgan fingerprint density at radius 3 is 1.03 bits per heavy atom. The van der Waals surface area contributed by atoms with E-state index >= 15 is 0 Å². The lowest BCUT2D eigenvalue weighted by molar-refractivity contribution is -0.596. The molecule has 14 heteroatoms. The van der Waals surface area contributed by atoms with E-state index < -0.39 is 42.4 Å². The summed E-state index contributed by atoms with van der Waals surface area (Å²) in [6.45, 7) is 0. The first kappa shape index (κ1) is 23.5. The SMILES string of the molecule is O=[N+]([O-])c1ccc(-[n+]2ccc(-c3cc[n+](-c4ccc([N+](=O)[O-])c([N+](=O)[O-])c4)cc3)cc2)cc1[N+](=O)[O-]. The van der Waals surface area contributed by atoms with Crippen LogP contribution in [0, 0.1) is 40.5 Å². The normalized spacial score (nSPS) is 10.6. The first-order chi connectivity index (χ1) is 17.2. The van der Waals surface area contributed by atoms with Crippen LogP contribution in [0.25, 0.3) is 22.5 Å². The molecule has 14 nitrogen and oxygen atoms in total. The van der Waals surface area contributed by atoms with Gasteiger partial charge >= 0.3 is 22.7 Å². The molecule has 0 radical (unpaired) electrons. The zero-order valence-electron chi connectivity index (χ0n) is 18.0. The summed E-state index contributed by atoms with van der Waals surface area (Å²) in [5.74, 6) is 0. The van der Waals surface area contributed by atoms with Crippen LogP contribution in [0.4, 0.5) is 22.7 Å². The topological polar surface area (TPSA) is 180 Å². The minimum atomic E-state index is -0.813. The van der Waals surface area contributed by atoms with Crippen molar-refractivity contribution in [1.29, 1.82) is 0 Å². The van der Waals surface area contributed by atoms with E-state index in [0.717, 1.165) is 35.4 Å². The lowest BCUT2D eigenvalue weighted by Crippen LogP contribution is -2.30. The largest absolute Gasteiger partial charge is 0.352 e. The van der Waals surface area contributed by atoms with Crippen LogP contribution in [0.3, 0.4) is 0 Å². The second kappa shape index (κ2) is 9.30. The third-order valence-corrected chi connectivity index (χ3v) is 5.29. The first-order valence-electron chi connectivity index (χ1n) is 10.0. The molecule has 0 saturated heterocycles. The van der Waals surface area contributed by atoms with Crippen molar-refractivity contribution in [2.24, 2.45) is 0 Å². The first-order valence-corrected chi connectivity index (χ1v) is 10.0. The number of benzene rings is 2. The van der Waals surface area contributed by atoms with E-state index in [-0.39, 0.29) is 0 Å². The van der Waals surface area contributed by atoms with Gasteiger partial charge in [-0.3, -0.25) is 40.5 Å². The van der Waals surface area contributed by atoms with Gasteiger partial charge in [-0.1, -0.05) is 0 Å². The van der Waals surface area contributed by atoms with Gasteiger partial charge in [0.15, 0.2) is 24.8 Å². The summed E-state index contributed by atoms with van der Waals surface area (Å²) in [6, 6.07) is 14.2.